The van der Waals surface area contributed by atoms with Gasteiger partial charge in [0, 0.05) is 5.92 Å². The van der Waals surface area contributed by atoms with Crippen LogP contribution in [0.4, 0.5) is 0 Å². The van der Waals surface area contributed by atoms with E-state index in [1.54, 1.807) is 0 Å². The van der Waals surface area contributed by atoms with Crippen molar-refractivity contribution in [2.45, 2.75) is 25.2 Å². The van der Waals surface area contributed by atoms with Crippen molar-refractivity contribution in [3.05, 3.63) is 11.7 Å². The molecule has 12 heavy (non-hydrogen) atoms. The van der Waals surface area contributed by atoms with Crippen molar-refractivity contribution in [2.24, 2.45) is 0 Å². The van der Waals surface area contributed by atoms with E-state index in [-0.39, 0.29) is 12.2 Å². The summed E-state index contributed by atoms with van der Waals surface area (Å²) < 4.78 is 4.86. The van der Waals surface area contributed by atoms with E-state index in [2.05, 4.69) is 10.1 Å². The molecule has 0 unspecified atom stereocenters. The van der Waals surface area contributed by atoms with Crippen LogP contribution in [0.25, 0.3) is 0 Å². The van der Waals surface area contributed by atoms with Crippen LogP contribution >= 0.6 is 0 Å². The molecule has 5 heteroatoms. The van der Waals surface area contributed by atoms with Gasteiger partial charge in [0.25, 0.3) is 0 Å². The van der Waals surface area contributed by atoms with Crippen molar-refractivity contribution >= 4 is 5.97 Å². The first-order chi connectivity index (χ1) is 5.75. The van der Waals surface area contributed by atoms with Gasteiger partial charge in [-0.05, 0) is 12.8 Å². The van der Waals surface area contributed by atoms with E-state index in [1.165, 1.54) is 0 Å². The van der Waals surface area contributed by atoms with Gasteiger partial charge >= 0.3 is 5.97 Å². The Bertz CT molecular complexity index is 303. The van der Waals surface area contributed by atoms with Crippen molar-refractivity contribution in [1.82, 2.24) is 10.1 Å². The summed E-state index contributed by atoms with van der Waals surface area (Å²) in [5.74, 6) is 0.314. The minimum Gasteiger partial charge on any atom is -0.481 e. The van der Waals surface area contributed by atoms with E-state index in [0.29, 0.717) is 11.8 Å². The van der Waals surface area contributed by atoms with Gasteiger partial charge in [-0.2, -0.15) is 4.98 Å². The molecule has 0 radical (unpaired) electrons. The topological polar surface area (TPSA) is 76.2 Å². The Hall–Kier alpha value is -1.39. The van der Waals surface area contributed by atoms with Crippen LogP contribution in [0.2, 0.25) is 0 Å². The molecule has 1 aliphatic rings. The van der Waals surface area contributed by atoms with Gasteiger partial charge in [-0.25, -0.2) is 0 Å². The van der Waals surface area contributed by atoms with Crippen molar-refractivity contribution in [1.29, 1.82) is 0 Å². The summed E-state index contributed by atoms with van der Waals surface area (Å²) in [7, 11) is 0. The van der Waals surface area contributed by atoms with E-state index in [0.717, 1.165) is 12.8 Å². The predicted molar refractivity (Wildman–Crippen MR) is 37.6 cm³/mol. The van der Waals surface area contributed by atoms with Crippen LogP contribution < -0.4 is 0 Å². The van der Waals surface area contributed by atoms with E-state index in [4.69, 9.17) is 9.63 Å². The molecule has 2 rings (SSSR count). The van der Waals surface area contributed by atoms with Crippen molar-refractivity contribution < 1.29 is 14.4 Å². The van der Waals surface area contributed by atoms with Crippen LogP contribution in [-0.4, -0.2) is 21.2 Å². The van der Waals surface area contributed by atoms with Crippen LogP contribution in [-0.2, 0) is 11.2 Å². The zero-order valence-electron chi connectivity index (χ0n) is 6.36. The average Bonchev–Trinajstić information content (AvgIpc) is 2.73. The molecule has 0 bridgehead atoms. The molecule has 1 fully saturated rings. The zero-order chi connectivity index (χ0) is 8.55. The Balaban J connectivity index is 2.07. The quantitative estimate of drug-likeness (QED) is 0.714. The highest BCUT2D eigenvalue weighted by Crippen LogP contribution is 2.38. The molecule has 0 aliphatic heterocycles. The van der Waals surface area contributed by atoms with Crippen molar-refractivity contribution in [3.8, 4) is 0 Å². The summed E-state index contributed by atoms with van der Waals surface area (Å²) in [6.07, 6.45) is 2.00. The summed E-state index contributed by atoms with van der Waals surface area (Å²) in [5, 5.41) is 12.0. The molecule has 1 aromatic rings. The van der Waals surface area contributed by atoms with E-state index in [1.807, 2.05) is 0 Å². The number of nitrogens with zero attached hydrogens (tertiary/aromatic N) is 2. The first-order valence-corrected chi connectivity index (χ1v) is 3.80. The maximum absolute atomic E-state index is 10.2. The number of rotatable bonds is 3. The van der Waals surface area contributed by atoms with Crippen LogP contribution in [0.3, 0.4) is 0 Å². The van der Waals surface area contributed by atoms with Gasteiger partial charge in [0.2, 0.25) is 5.89 Å². The molecular formula is C7H8N2O3. The normalized spacial score (nSPS) is 16.3. The maximum atomic E-state index is 10.2. The molecule has 64 valence electrons. The van der Waals surface area contributed by atoms with Gasteiger partial charge in [0.1, 0.15) is 6.42 Å². The SMILES string of the molecule is O=C(O)Cc1noc(C2CC2)n1. The molecule has 0 atom stereocenters. The van der Waals surface area contributed by atoms with Gasteiger partial charge in [-0.3, -0.25) is 4.79 Å². The lowest BCUT2D eigenvalue weighted by Crippen LogP contribution is -2.01. The molecular weight excluding hydrogens is 160 g/mol. The lowest BCUT2D eigenvalue weighted by Gasteiger charge is -1.82. The molecule has 0 aromatic carbocycles. The van der Waals surface area contributed by atoms with Crippen LogP contribution in [0.5, 0.6) is 0 Å². The molecule has 1 aliphatic carbocycles. The Morgan fingerprint density at radius 3 is 3.00 bits per heavy atom. The number of carbonyl (C=O) groups is 1. The summed E-state index contributed by atoms with van der Waals surface area (Å²) in [6.45, 7) is 0. The number of hydrogen-bond donors (Lipinski definition) is 1. The minimum absolute atomic E-state index is 0.157. The first-order valence-electron chi connectivity index (χ1n) is 3.80. The third-order valence-corrected chi connectivity index (χ3v) is 1.72. The van der Waals surface area contributed by atoms with Gasteiger partial charge in [0.15, 0.2) is 5.82 Å². The summed E-state index contributed by atoms with van der Waals surface area (Å²) in [6, 6.07) is 0. The molecule has 1 aromatic heterocycles. The predicted octanol–water partition coefficient (Wildman–Crippen LogP) is 0.574. The minimum atomic E-state index is -0.932. The Kier molecular flexibility index (Phi) is 1.56. The second kappa shape index (κ2) is 2.58. The van der Waals surface area contributed by atoms with Gasteiger partial charge < -0.3 is 9.63 Å². The largest absolute Gasteiger partial charge is 0.481 e. The lowest BCUT2D eigenvalue weighted by atomic mass is 10.4. The van der Waals surface area contributed by atoms with Gasteiger partial charge in [-0.15, -0.1) is 0 Å². The van der Waals surface area contributed by atoms with Crippen molar-refractivity contribution in [3.63, 3.8) is 0 Å². The van der Waals surface area contributed by atoms with Crippen LogP contribution in [0.15, 0.2) is 4.52 Å². The summed E-state index contributed by atoms with van der Waals surface area (Å²) in [5.41, 5.74) is 0. The molecule has 1 N–H and O–H groups in total. The fraction of sp³-hybridized carbons (Fsp3) is 0.571. The zero-order valence-corrected chi connectivity index (χ0v) is 6.36. The van der Waals surface area contributed by atoms with E-state index < -0.39 is 5.97 Å². The molecule has 1 heterocycles. The second-order valence-electron chi connectivity index (χ2n) is 2.89. The number of carboxylic acid groups (broad SMARTS) is 1. The second-order valence-corrected chi connectivity index (χ2v) is 2.89. The Labute approximate surface area is 68.4 Å². The van der Waals surface area contributed by atoms with Gasteiger partial charge in [0.05, 0.1) is 0 Å². The highest BCUT2D eigenvalue weighted by Gasteiger charge is 2.29. The summed E-state index contributed by atoms with van der Waals surface area (Å²) in [4.78, 5) is 14.2. The fourth-order valence-corrected chi connectivity index (χ4v) is 0.971. The number of hydrogen-bond acceptors (Lipinski definition) is 4. The summed E-state index contributed by atoms with van der Waals surface area (Å²) >= 11 is 0. The maximum Gasteiger partial charge on any atom is 0.311 e. The Morgan fingerprint density at radius 1 is 1.67 bits per heavy atom. The van der Waals surface area contributed by atoms with Gasteiger partial charge in [-0.1, -0.05) is 5.16 Å². The average molecular weight is 168 g/mol. The number of aromatic nitrogens is 2. The molecule has 0 spiro atoms. The van der Waals surface area contributed by atoms with E-state index in [9.17, 15) is 4.79 Å². The smallest absolute Gasteiger partial charge is 0.311 e. The third-order valence-electron chi connectivity index (χ3n) is 1.72. The number of carboxylic acids is 1. The first kappa shape index (κ1) is 7.27. The monoisotopic (exact) mass is 168 g/mol. The third kappa shape index (κ3) is 1.44. The molecule has 0 saturated heterocycles. The van der Waals surface area contributed by atoms with Crippen molar-refractivity contribution in [2.75, 3.05) is 0 Å². The molecule has 0 amide bonds. The standard InChI is InChI=1S/C7H8N2O3/c10-6(11)3-5-8-7(12-9-5)4-1-2-4/h4H,1-3H2,(H,10,11). The highest BCUT2D eigenvalue weighted by atomic mass is 16.5. The lowest BCUT2D eigenvalue weighted by molar-refractivity contribution is -0.136. The molecule has 5 nitrogen and oxygen atoms in total. The van der Waals surface area contributed by atoms with E-state index >= 15 is 0 Å². The van der Waals surface area contributed by atoms with Crippen LogP contribution in [0, 0.1) is 0 Å². The fourth-order valence-electron chi connectivity index (χ4n) is 0.971. The highest BCUT2D eigenvalue weighted by molar-refractivity contribution is 5.68. The van der Waals surface area contributed by atoms with Crippen LogP contribution in [0.1, 0.15) is 30.5 Å². The molecule has 1 saturated carbocycles. The Morgan fingerprint density at radius 2 is 2.42 bits per heavy atom. The number of aliphatic carboxylic acids is 1.